The van der Waals surface area contributed by atoms with Crippen LogP contribution in [0.5, 0.6) is 0 Å². The molecule has 0 fully saturated rings. The van der Waals surface area contributed by atoms with Crippen LogP contribution in [0, 0.1) is 11.6 Å². The molecule has 0 radical (unpaired) electrons. The van der Waals surface area contributed by atoms with Crippen LogP contribution in [-0.4, -0.2) is 57.9 Å². The van der Waals surface area contributed by atoms with E-state index < -0.39 is 44.9 Å². The van der Waals surface area contributed by atoms with Crippen molar-refractivity contribution in [3.05, 3.63) is 41.9 Å². The second-order valence-corrected chi connectivity index (χ2v) is 11.6. The molecular weight excluding hydrogens is 520 g/mol. The number of carbonyl (C=O) groups is 1. The van der Waals surface area contributed by atoms with Gasteiger partial charge in [-0.15, -0.1) is 0 Å². The summed E-state index contributed by atoms with van der Waals surface area (Å²) in [6.45, 7) is 9.20. The number of carboxylic acid groups (broad SMARTS) is 1. The van der Waals surface area contributed by atoms with Crippen molar-refractivity contribution in [2.24, 2.45) is 0 Å². The minimum absolute atomic E-state index is 0.105. The van der Waals surface area contributed by atoms with Gasteiger partial charge in [-0.1, -0.05) is 27.7 Å². The van der Waals surface area contributed by atoms with Crippen LogP contribution < -0.4 is 15.4 Å². The van der Waals surface area contributed by atoms with Crippen LogP contribution in [0.4, 0.5) is 25.2 Å². The van der Waals surface area contributed by atoms with E-state index in [9.17, 15) is 17.6 Å². The third-order valence-electron chi connectivity index (χ3n) is 5.34. The Morgan fingerprint density at radius 3 is 2.53 bits per heavy atom. The van der Waals surface area contributed by atoms with Crippen molar-refractivity contribution in [1.29, 1.82) is 0 Å². The molecule has 1 atom stereocenters. The fraction of sp³-hybridized carbons (Fsp3) is 0.417. The predicted molar refractivity (Wildman–Crippen MR) is 140 cm³/mol. The summed E-state index contributed by atoms with van der Waals surface area (Å²) in [4.78, 5) is 27.2. The van der Waals surface area contributed by atoms with E-state index in [1.165, 1.54) is 12.3 Å². The van der Waals surface area contributed by atoms with E-state index in [1.807, 2.05) is 25.5 Å². The molecule has 0 saturated heterocycles. The van der Waals surface area contributed by atoms with Crippen molar-refractivity contribution in [2.45, 2.75) is 52.5 Å². The van der Waals surface area contributed by atoms with Crippen LogP contribution in [0.2, 0.25) is 0 Å². The number of aromatic amines is 1. The maximum atomic E-state index is 15.7. The summed E-state index contributed by atoms with van der Waals surface area (Å²) in [5.74, 6) is -1.79. The molecule has 3 aromatic rings. The highest BCUT2D eigenvalue weighted by atomic mass is 32.2. The number of benzene rings is 1. The monoisotopic (exact) mass is 551 g/mol. The molecule has 0 saturated carbocycles. The van der Waals surface area contributed by atoms with Gasteiger partial charge < -0.3 is 20.7 Å². The molecule has 0 aliphatic rings. The number of rotatable bonds is 10. The second kappa shape index (κ2) is 11.3. The summed E-state index contributed by atoms with van der Waals surface area (Å²) in [6.07, 6.45) is 0.571. The van der Waals surface area contributed by atoms with Crippen molar-refractivity contribution < 1.29 is 27.1 Å². The molecule has 0 aliphatic heterocycles. The molecule has 0 spiro atoms. The number of hydrogen-bond acceptors (Lipinski definition) is 7. The summed E-state index contributed by atoms with van der Waals surface area (Å²) in [7, 11) is -3.96. The summed E-state index contributed by atoms with van der Waals surface area (Å²) in [5, 5.41) is 14.1. The Balaban J connectivity index is 2.09. The van der Waals surface area contributed by atoms with Crippen LogP contribution in [0.1, 0.15) is 46.9 Å². The van der Waals surface area contributed by atoms with Gasteiger partial charge >= 0.3 is 6.09 Å². The fourth-order valence-corrected chi connectivity index (χ4v) is 4.64. The third-order valence-corrected chi connectivity index (χ3v) is 6.80. The lowest BCUT2D eigenvalue weighted by Gasteiger charge is -2.14. The number of aromatic nitrogens is 4. The van der Waals surface area contributed by atoms with Gasteiger partial charge in [-0.2, -0.15) is 0 Å². The number of imidazole rings is 1. The Bertz CT molecular complexity index is 1420. The first kappa shape index (κ1) is 28.8. The largest absolute Gasteiger partial charge is 0.465 e. The zero-order valence-electron chi connectivity index (χ0n) is 21.7. The summed E-state index contributed by atoms with van der Waals surface area (Å²) in [6, 6.07) is 3.30. The van der Waals surface area contributed by atoms with Gasteiger partial charge in [0.25, 0.3) is 0 Å². The second-order valence-electron chi connectivity index (χ2n) is 9.76. The average Bonchev–Trinajstić information content (AvgIpc) is 3.26. The highest BCUT2D eigenvalue weighted by molar-refractivity contribution is 7.92. The highest BCUT2D eigenvalue weighted by Crippen LogP contribution is 2.37. The number of amides is 1. The summed E-state index contributed by atoms with van der Waals surface area (Å²) >= 11 is 0. The van der Waals surface area contributed by atoms with Gasteiger partial charge in [0.2, 0.25) is 16.0 Å². The smallest absolute Gasteiger partial charge is 0.404 e. The van der Waals surface area contributed by atoms with E-state index >= 15 is 4.39 Å². The SMILES string of the molecule is CCCS(=O)(=O)Nc1c(F)ccc(-c2nc(C(C)(C)C)[nH]c2-c2ccnc(NCC(C)NC(=O)O)n2)c1F. The zero-order valence-corrected chi connectivity index (χ0v) is 22.5. The normalized spacial score (nSPS) is 12.7. The zero-order chi connectivity index (χ0) is 28.3. The number of hydrogen-bond donors (Lipinski definition) is 5. The Kier molecular flexibility index (Phi) is 8.54. The van der Waals surface area contributed by atoms with E-state index in [0.29, 0.717) is 17.2 Å². The first-order chi connectivity index (χ1) is 17.7. The number of nitrogens with one attached hydrogen (secondary N) is 4. The Hall–Kier alpha value is -3.81. The van der Waals surface area contributed by atoms with Crippen LogP contribution in [-0.2, 0) is 15.4 Å². The standard InChI is InChI=1S/C24H31F2N7O4S/c1-6-11-38(36,37)33-19-15(25)8-7-14(17(19)26)18-20(32-21(31-18)24(3,4)5)16-9-10-27-22(30-16)28-12-13(2)29-23(34)35/h7-10,13,29,33H,6,11-12H2,1-5H3,(H,31,32)(H,34,35)(H,27,28,30). The van der Waals surface area contributed by atoms with E-state index in [1.54, 1.807) is 19.9 Å². The summed E-state index contributed by atoms with van der Waals surface area (Å²) < 4.78 is 56.7. The lowest BCUT2D eigenvalue weighted by Crippen LogP contribution is -2.36. The number of nitrogens with zero attached hydrogens (tertiary/aromatic N) is 3. The lowest BCUT2D eigenvalue weighted by molar-refractivity contribution is 0.191. The first-order valence-corrected chi connectivity index (χ1v) is 13.5. The van der Waals surface area contributed by atoms with Gasteiger partial charge in [-0.25, -0.2) is 36.9 Å². The minimum atomic E-state index is -3.96. The lowest BCUT2D eigenvalue weighted by atomic mass is 9.96. The maximum Gasteiger partial charge on any atom is 0.404 e. The first-order valence-electron chi connectivity index (χ1n) is 11.9. The Morgan fingerprint density at radius 1 is 1.18 bits per heavy atom. The molecule has 1 aromatic carbocycles. The molecule has 11 nitrogen and oxygen atoms in total. The van der Waals surface area contributed by atoms with E-state index in [2.05, 4.69) is 30.6 Å². The molecule has 3 rings (SSSR count). The van der Waals surface area contributed by atoms with Gasteiger partial charge in [0, 0.05) is 29.8 Å². The quantitative estimate of drug-likeness (QED) is 0.249. The third kappa shape index (κ3) is 6.94. The number of halogens is 2. The van der Waals surface area contributed by atoms with Gasteiger partial charge in [0.05, 0.1) is 17.1 Å². The molecule has 206 valence electrons. The van der Waals surface area contributed by atoms with Crippen molar-refractivity contribution in [3.8, 4) is 22.6 Å². The molecular formula is C24H31F2N7O4S. The highest BCUT2D eigenvalue weighted by Gasteiger charge is 2.27. The fourth-order valence-electron chi connectivity index (χ4n) is 3.50. The van der Waals surface area contributed by atoms with Crippen molar-refractivity contribution in [1.82, 2.24) is 25.3 Å². The Labute approximate surface area is 219 Å². The van der Waals surface area contributed by atoms with E-state index in [4.69, 9.17) is 5.11 Å². The van der Waals surface area contributed by atoms with Crippen molar-refractivity contribution in [3.63, 3.8) is 0 Å². The van der Waals surface area contributed by atoms with Gasteiger partial charge in [-0.05, 0) is 31.5 Å². The minimum Gasteiger partial charge on any atom is -0.465 e. The molecule has 2 heterocycles. The molecule has 14 heteroatoms. The predicted octanol–water partition coefficient (Wildman–Crippen LogP) is 4.33. The van der Waals surface area contributed by atoms with Gasteiger partial charge in [0.1, 0.15) is 23.0 Å². The number of H-pyrrole nitrogens is 1. The molecule has 2 aromatic heterocycles. The van der Waals surface area contributed by atoms with Crippen molar-refractivity contribution >= 4 is 27.8 Å². The van der Waals surface area contributed by atoms with E-state index in [-0.39, 0.29) is 35.9 Å². The van der Waals surface area contributed by atoms with Crippen LogP contribution in [0.15, 0.2) is 24.4 Å². The topological polar surface area (TPSA) is 162 Å². The van der Waals surface area contributed by atoms with E-state index in [0.717, 1.165) is 6.07 Å². The molecule has 1 unspecified atom stereocenters. The van der Waals surface area contributed by atoms with Gasteiger partial charge in [0.15, 0.2) is 5.82 Å². The summed E-state index contributed by atoms with van der Waals surface area (Å²) in [5.41, 5.74) is -0.654. The maximum absolute atomic E-state index is 15.7. The number of anilines is 2. The van der Waals surface area contributed by atoms with Crippen molar-refractivity contribution in [2.75, 3.05) is 22.3 Å². The van der Waals surface area contributed by atoms with Crippen LogP contribution >= 0.6 is 0 Å². The molecule has 1 amide bonds. The molecule has 0 aliphatic carbocycles. The molecule has 38 heavy (non-hydrogen) atoms. The number of sulfonamides is 1. The van der Waals surface area contributed by atoms with Crippen LogP contribution in [0.25, 0.3) is 22.6 Å². The Morgan fingerprint density at radius 2 is 1.89 bits per heavy atom. The molecule has 5 N–H and O–H groups in total. The van der Waals surface area contributed by atoms with Crippen LogP contribution in [0.3, 0.4) is 0 Å². The molecule has 0 bridgehead atoms. The average molecular weight is 552 g/mol. The van der Waals surface area contributed by atoms with Gasteiger partial charge in [-0.3, -0.25) is 4.72 Å².